The normalized spacial score (nSPS) is 11.1. The molecule has 3 aromatic rings. The summed E-state index contributed by atoms with van der Waals surface area (Å²) in [6, 6.07) is 16.2. The second-order valence-corrected chi connectivity index (χ2v) is 6.83. The molecule has 0 amide bonds. The Balaban J connectivity index is 1.66. The van der Waals surface area contributed by atoms with Gasteiger partial charge in [-0.1, -0.05) is 36.4 Å². The largest absolute Gasteiger partial charge is 0.507 e. The Labute approximate surface area is 185 Å². The van der Waals surface area contributed by atoms with Crippen LogP contribution in [0.5, 0.6) is 23.0 Å². The van der Waals surface area contributed by atoms with E-state index in [-0.39, 0.29) is 34.2 Å². The minimum Gasteiger partial charge on any atom is -0.507 e. The summed E-state index contributed by atoms with van der Waals surface area (Å²) in [5.74, 6) is -0.0307. The molecule has 0 heterocycles. The number of methoxy groups -OCH3 is 2. The van der Waals surface area contributed by atoms with Gasteiger partial charge in [0, 0.05) is 12.1 Å². The van der Waals surface area contributed by atoms with Crippen LogP contribution in [0, 0.1) is 0 Å². The number of ether oxygens (including phenoxy) is 2. The minimum absolute atomic E-state index is 0.146. The van der Waals surface area contributed by atoms with E-state index in [1.54, 1.807) is 48.6 Å². The summed E-state index contributed by atoms with van der Waals surface area (Å²) in [6.45, 7) is 0. The molecule has 32 heavy (non-hydrogen) atoms. The molecule has 0 atom stereocenters. The maximum Gasteiger partial charge on any atom is 0.189 e. The summed E-state index contributed by atoms with van der Waals surface area (Å²) >= 11 is 0. The van der Waals surface area contributed by atoms with Crippen LogP contribution in [0.15, 0.2) is 72.8 Å². The number of hydrogen-bond donors (Lipinski definition) is 2. The van der Waals surface area contributed by atoms with Crippen molar-refractivity contribution in [2.75, 3.05) is 14.2 Å². The number of hydrogen-bond acceptors (Lipinski definition) is 6. The summed E-state index contributed by atoms with van der Waals surface area (Å²) < 4.78 is 10.0. The maximum atomic E-state index is 12.3. The van der Waals surface area contributed by atoms with E-state index in [0.717, 1.165) is 11.1 Å². The third-order valence-electron chi connectivity index (χ3n) is 4.73. The second kappa shape index (κ2) is 10.1. The molecule has 0 saturated heterocycles. The van der Waals surface area contributed by atoms with E-state index >= 15 is 0 Å². The Bertz CT molecular complexity index is 1090. The molecule has 0 radical (unpaired) electrons. The van der Waals surface area contributed by atoms with Crippen LogP contribution in [0.2, 0.25) is 0 Å². The van der Waals surface area contributed by atoms with Crippen molar-refractivity contribution in [3.63, 3.8) is 0 Å². The molecule has 6 heteroatoms. The van der Waals surface area contributed by atoms with Crippen LogP contribution >= 0.6 is 0 Å². The summed E-state index contributed by atoms with van der Waals surface area (Å²) in [7, 11) is 2.96. The molecule has 2 N–H and O–H groups in total. The fourth-order valence-electron chi connectivity index (χ4n) is 2.94. The molecule has 6 nitrogen and oxygen atoms in total. The van der Waals surface area contributed by atoms with Crippen molar-refractivity contribution in [1.29, 1.82) is 0 Å². The standard InChI is InChI=1S/C26H22O6/c1-31-19-9-11-21(25(29)15-19)23(27)13-7-17-3-5-18(6-4-17)8-14-24(28)22-12-10-20(32-2)16-26(22)30/h3-16,29-30H,1-2H3/b13-7+,14-8+. The number of allylic oxidation sites excluding steroid dienone is 2. The van der Waals surface area contributed by atoms with Crippen LogP contribution in [-0.4, -0.2) is 36.0 Å². The number of rotatable bonds is 8. The predicted octanol–water partition coefficient (Wildman–Crippen LogP) is 4.91. The highest BCUT2D eigenvalue weighted by atomic mass is 16.5. The fourth-order valence-corrected chi connectivity index (χ4v) is 2.94. The van der Waals surface area contributed by atoms with E-state index in [1.165, 1.54) is 50.6 Å². The quantitative estimate of drug-likeness (QED) is 0.390. The van der Waals surface area contributed by atoms with Crippen molar-refractivity contribution in [3.8, 4) is 23.0 Å². The van der Waals surface area contributed by atoms with Crippen molar-refractivity contribution < 1.29 is 29.3 Å². The summed E-state index contributed by atoms with van der Waals surface area (Å²) in [5, 5.41) is 19.9. The fraction of sp³-hybridized carbons (Fsp3) is 0.0769. The Morgan fingerprint density at radius 1 is 0.656 bits per heavy atom. The first kappa shape index (κ1) is 22.4. The lowest BCUT2D eigenvalue weighted by molar-refractivity contribution is 0.103. The SMILES string of the molecule is COc1ccc(C(=O)/C=C/c2ccc(/C=C/C(=O)c3ccc(OC)cc3O)cc2)c(O)c1. The first-order chi connectivity index (χ1) is 15.4. The van der Waals surface area contributed by atoms with Gasteiger partial charge in [-0.2, -0.15) is 0 Å². The lowest BCUT2D eigenvalue weighted by Crippen LogP contribution is -1.95. The van der Waals surface area contributed by atoms with Gasteiger partial charge in [0.2, 0.25) is 0 Å². The molecule has 0 aliphatic heterocycles. The van der Waals surface area contributed by atoms with Crippen LogP contribution in [0.1, 0.15) is 31.8 Å². The lowest BCUT2D eigenvalue weighted by Gasteiger charge is -2.04. The Hall–Kier alpha value is -4.32. The van der Waals surface area contributed by atoms with Crippen molar-refractivity contribution >= 4 is 23.7 Å². The van der Waals surface area contributed by atoms with Crippen LogP contribution in [0.4, 0.5) is 0 Å². The van der Waals surface area contributed by atoms with Crippen LogP contribution in [-0.2, 0) is 0 Å². The van der Waals surface area contributed by atoms with Gasteiger partial charge in [0.05, 0.1) is 25.3 Å². The molecule has 0 aromatic heterocycles. The lowest BCUT2D eigenvalue weighted by atomic mass is 10.1. The number of carbonyl (C=O) groups excluding carboxylic acids is 2. The van der Waals surface area contributed by atoms with Gasteiger partial charge < -0.3 is 19.7 Å². The smallest absolute Gasteiger partial charge is 0.189 e. The van der Waals surface area contributed by atoms with Gasteiger partial charge in [-0.25, -0.2) is 0 Å². The summed E-state index contributed by atoms with van der Waals surface area (Å²) in [6.07, 6.45) is 6.03. The molecular weight excluding hydrogens is 408 g/mol. The van der Waals surface area contributed by atoms with Gasteiger partial charge in [0.25, 0.3) is 0 Å². The average Bonchev–Trinajstić information content (AvgIpc) is 2.81. The molecule has 162 valence electrons. The van der Waals surface area contributed by atoms with Crippen LogP contribution < -0.4 is 9.47 Å². The van der Waals surface area contributed by atoms with Gasteiger partial charge in [-0.15, -0.1) is 0 Å². The van der Waals surface area contributed by atoms with E-state index < -0.39 is 0 Å². The monoisotopic (exact) mass is 430 g/mol. The Morgan fingerprint density at radius 2 is 1.03 bits per heavy atom. The third-order valence-corrected chi connectivity index (χ3v) is 4.73. The number of phenolic OH excluding ortho intramolecular Hbond substituents is 2. The molecule has 0 bridgehead atoms. The number of ketones is 2. The topological polar surface area (TPSA) is 93.1 Å². The number of aromatic hydroxyl groups is 2. The third kappa shape index (κ3) is 5.43. The number of phenols is 2. The van der Waals surface area contributed by atoms with E-state index in [1.807, 2.05) is 0 Å². The Kier molecular flexibility index (Phi) is 7.08. The highest BCUT2D eigenvalue weighted by molar-refractivity contribution is 6.09. The van der Waals surface area contributed by atoms with Crippen LogP contribution in [0.3, 0.4) is 0 Å². The van der Waals surface area contributed by atoms with Crippen molar-refractivity contribution in [2.45, 2.75) is 0 Å². The molecule has 0 aliphatic rings. The zero-order valence-electron chi connectivity index (χ0n) is 17.6. The zero-order chi connectivity index (χ0) is 23.1. The van der Waals surface area contributed by atoms with Gasteiger partial charge in [0.1, 0.15) is 23.0 Å². The molecule has 0 saturated carbocycles. The molecule has 0 aliphatic carbocycles. The molecule has 3 rings (SSSR count). The van der Waals surface area contributed by atoms with Crippen LogP contribution in [0.25, 0.3) is 12.2 Å². The first-order valence-electron chi connectivity index (χ1n) is 9.70. The highest BCUT2D eigenvalue weighted by Gasteiger charge is 2.10. The number of carbonyl (C=O) groups is 2. The van der Waals surface area contributed by atoms with Crippen molar-refractivity contribution in [2.24, 2.45) is 0 Å². The summed E-state index contributed by atoms with van der Waals surface area (Å²) in [4.78, 5) is 24.6. The zero-order valence-corrected chi connectivity index (χ0v) is 17.6. The average molecular weight is 430 g/mol. The first-order valence-corrected chi connectivity index (χ1v) is 9.70. The summed E-state index contributed by atoms with van der Waals surface area (Å²) in [5.41, 5.74) is 1.93. The van der Waals surface area contributed by atoms with Crippen molar-refractivity contribution in [3.05, 3.63) is 95.1 Å². The molecule has 3 aromatic carbocycles. The second-order valence-electron chi connectivity index (χ2n) is 6.83. The van der Waals surface area contributed by atoms with E-state index in [2.05, 4.69) is 0 Å². The van der Waals surface area contributed by atoms with Gasteiger partial charge in [-0.3, -0.25) is 9.59 Å². The molecular formula is C26H22O6. The maximum absolute atomic E-state index is 12.3. The molecule has 0 unspecified atom stereocenters. The van der Waals surface area contributed by atoms with Gasteiger partial charge in [-0.05, 0) is 47.5 Å². The minimum atomic E-state index is -0.334. The predicted molar refractivity (Wildman–Crippen MR) is 122 cm³/mol. The van der Waals surface area contributed by atoms with E-state index in [4.69, 9.17) is 9.47 Å². The van der Waals surface area contributed by atoms with Crippen molar-refractivity contribution in [1.82, 2.24) is 0 Å². The molecule has 0 fully saturated rings. The van der Waals surface area contributed by atoms with Gasteiger partial charge >= 0.3 is 0 Å². The van der Waals surface area contributed by atoms with Gasteiger partial charge in [0.15, 0.2) is 11.6 Å². The van der Waals surface area contributed by atoms with E-state index in [9.17, 15) is 19.8 Å². The number of benzene rings is 3. The van der Waals surface area contributed by atoms with E-state index in [0.29, 0.717) is 11.5 Å². The highest BCUT2D eigenvalue weighted by Crippen LogP contribution is 2.25. The Morgan fingerprint density at radius 3 is 1.34 bits per heavy atom. The molecule has 0 spiro atoms.